The fraction of sp³-hybridized carbons (Fsp3) is 0.818. The molecular weight excluding hydrogens is 178 g/mol. The Morgan fingerprint density at radius 1 is 1.54 bits per heavy atom. The molecule has 0 aromatic heterocycles. The largest absolute Gasteiger partial charge is 0.314 e. The van der Waals surface area contributed by atoms with E-state index in [0.717, 1.165) is 30.7 Å². The monoisotopic (exact) mass is 197 g/mol. The minimum Gasteiger partial charge on any atom is -0.314 e. The van der Waals surface area contributed by atoms with Crippen molar-refractivity contribution >= 4 is 11.8 Å². The van der Waals surface area contributed by atoms with Gasteiger partial charge in [-0.3, -0.25) is 0 Å². The molecule has 1 rings (SSSR count). The molecule has 2 atom stereocenters. The van der Waals surface area contributed by atoms with Crippen LogP contribution >= 0.6 is 11.8 Å². The molecule has 1 saturated carbocycles. The average Bonchev–Trinajstić information content (AvgIpc) is 2.60. The molecule has 1 nitrogen and oxygen atoms in total. The molecule has 0 heterocycles. The van der Waals surface area contributed by atoms with Gasteiger partial charge >= 0.3 is 0 Å². The minimum atomic E-state index is 0.759. The fourth-order valence-electron chi connectivity index (χ4n) is 1.84. The number of nitrogens with one attached hydrogen (secondary N) is 1. The Labute approximate surface area is 86.1 Å². The van der Waals surface area contributed by atoms with E-state index in [9.17, 15) is 0 Å². The second-order valence-corrected chi connectivity index (χ2v) is 4.77. The van der Waals surface area contributed by atoms with Gasteiger partial charge < -0.3 is 5.32 Å². The van der Waals surface area contributed by atoms with Gasteiger partial charge in [-0.05, 0) is 38.5 Å². The van der Waals surface area contributed by atoms with Crippen molar-refractivity contribution in [3.05, 3.63) is 0 Å². The molecule has 0 radical (unpaired) electrons. The van der Waals surface area contributed by atoms with Crippen molar-refractivity contribution in [3.8, 4) is 12.3 Å². The van der Waals surface area contributed by atoms with Crippen LogP contribution in [0.5, 0.6) is 0 Å². The van der Waals surface area contributed by atoms with Gasteiger partial charge in [-0.25, -0.2) is 0 Å². The van der Waals surface area contributed by atoms with Crippen LogP contribution in [0.3, 0.4) is 0 Å². The Bertz CT molecular complexity index is 173. The van der Waals surface area contributed by atoms with Crippen LogP contribution in [0.1, 0.15) is 32.1 Å². The Kier molecular flexibility index (Phi) is 5.34. The summed E-state index contributed by atoms with van der Waals surface area (Å²) in [7, 11) is 0. The van der Waals surface area contributed by atoms with Gasteiger partial charge in [-0.1, -0.05) is 0 Å². The van der Waals surface area contributed by atoms with Gasteiger partial charge in [0.15, 0.2) is 0 Å². The highest BCUT2D eigenvalue weighted by Crippen LogP contribution is 2.27. The summed E-state index contributed by atoms with van der Waals surface area (Å²) in [5, 5.41) is 4.47. The molecule has 0 aromatic rings. The molecular formula is C11H19NS. The van der Waals surface area contributed by atoms with E-state index in [1.807, 2.05) is 11.8 Å². The van der Waals surface area contributed by atoms with Gasteiger partial charge in [-0.15, -0.1) is 12.3 Å². The van der Waals surface area contributed by atoms with Gasteiger partial charge in [0.1, 0.15) is 0 Å². The molecule has 0 spiro atoms. The van der Waals surface area contributed by atoms with Crippen molar-refractivity contribution in [1.82, 2.24) is 5.32 Å². The van der Waals surface area contributed by atoms with Gasteiger partial charge in [0.25, 0.3) is 0 Å². The maximum atomic E-state index is 5.19. The highest BCUT2D eigenvalue weighted by Gasteiger charge is 2.22. The molecule has 2 unspecified atom stereocenters. The van der Waals surface area contributed by atoms with E-state index >= 15 is 0 Å². The molecule has 0 aromatic carbocycles. The van der Waals surface area contributed by atoms with Crippen LogP contribution in [0.15, 0.2) is 0 Å². The lowest BCUT2D eigenvalue weighted by Crippen LogP contribution is -2.27. The third-order valence-electron chi connectivity index (χ3n) is 2.65. The molecule has 1 N–H and O–H groups in total. The zero-order valence-electron chi connectivity index (χ0n) is 8.38. The quantitative estimate of drug-likeness (QED) is 0.536. The first-order chi connectivity index (χ1) is 6.36. The summed E-state index contributed by atoms with van der Waals surface area (Å²) < 4.78 is 0. The molecule has 0 bridgehead atoms. The van der Waals surface area contributed by atoms with Crippen LogP contribution in [0.4, 0.5) is 0 Å². The Balaban J connectivity index is 2.01. The lowest BCUT2D eigenvalue weighted by atomic mass is 10.2. The van der Waals surface area contributed by atoms with Gasteiger partial charge in [-0.2, -0.15) is 11.8 Å². The standard InChI is InChI=1S/C11H19NS/c1-3-4-5-8-12-10-6-7-11(9-10)13-2/h1,10-12H,4-9H2,2H3. The van der Waals surface area contributed by atoms with Gasteiger partial charge in [0.05, 0.1) is 0 Å². The maximum absolute atomic E-state index is 5.19. The predicted molar refractivity (Wildman–Crippen MR) is 61.0 cm³/mol. The van der Waals surface area contributed by atoms with E-state index in [-0.39, 0.29) is 0 Å². The van der Waals surface area contributed by atoms with Crippen molar-refractivity contribution in [2.45, 2.75) is 43.4 Å². The van der Waals surface area contributed by atoms with Gasteiger partial charge in [0.2, 0.25) is 0 Å². The molecule has 0 aliphatic heterocycles. The van der Waals surface area contributed by atoms with Crippen LogP contribution in [0.2, 0.25) is 0 Å². The number of hydrogen-bond acceptors (Lipinski definition) is 2. The molecule has 0 amide bonds. The molecule has 2 heteroatoms. The number of unbranched alkanes of at least 4 members (excludes halogenated alkanes) is 1. The molecule has 1 fully saturated rings. The fourth-order valence-corrected chi connectivity index (χ4v) is 2.63. The van der Waals surface area contributed by atoms with E-state index in [1.165, 1.54) is 19.3 Å². The third-order valence-corrected chi connectivity index (χ3v) is 3.74. The van der Waals surface area contributed by atoms with Crippen LogP contribution < -0.4 is 5.32 Å². The molecule has 0 saturated heterocycles. The summed E-state index contributed by atoms with van der Waals surface area (Å²) in [6, 6.07) is 0.759. The van der Waals surface area contributed by atoms with Crippen LogP contribution in [-0.4, -0.2) is 24.1 Å². The van der Waals surface area contributed by atoms with Crippen molar-refractivity contribution < 1.29 is 0 Å². The van der Waals surface area contributed by atoms with Gasteiger partial charge in [0, 0.05) is 17.7 Å². The molecule has 74 valence electrons. The topological polar surface area (TPSA) is 12.0 Å². The van der Waals surface area contributed by atoms with Crippen LogP contribution in [-0.2, 0) is 0 Å². The highest BCUT2D eigenvalue weighted by molar-refractivity contribution is 7.99. The van der Waals surface area contributed by atoms with E-state index in [1.54, 1.807) is 0 Å². The lowest BCUT2D eigenvalue weighted by molar-refractivity contribution is 0.519. The zero-order valence-corrected chi connectivity index (χ0v) is 9.20. The van der Waals surface area contributed by atoms with E-state index in [4.69, 9.17) is 6.42 Å². The van der Waals surface area contributed by atoms with Crippen molar-refractivity contribution in [3.63, 3.8) is 0 Å². The Hall–Kier alpha value is -0.130. The summed E-state index contributed by atoms with van der Waals surface area (Å²) in [5.74, 6) is 2.67. The maximum Gasteiger partial charge on any atom is 0.00981 e. The second-order valence-electron chi connectivity index (χ2n) is 3.63. The second kappa shape index (κ2) is 6.34. The number of terminal acetylenes is 1. The summed E-state index contributed by atoms with van der Waals surface area (Å²) in [4.78, 5) is 0. The van der Waals surface area contributed by atoms with Crippen molar-refractivity contribution in [2.75, 3.05) is 12.8 Å². The van der Waals surface area contributed by atoms with Crippen molar-refractivity contribution in [1.29, 1.82) is 0 Å². The predicted octanol–water partition coefficient (Wildman–Crippen LogP) is 2.27. The van der Waals surface area contributed by atoms with E-state index < -0.39 is 0 Å². The Morgan fingerprint density at radius 2 is 2.38 bits per heavy atom. The van der Waals surface area contributed by atoms with Crippen molar-refractivity contribution in [2.24, 2.45) is 0 Å². The summed E-state index contributed by atoms with van der Waals surface area (Å²) in [6.45, 7) is 1.09. The first-order valence-electron chi connectivity index (χ1n) is 5.06. The first-order valence-corrected chi connectivity index (χ1v) is 6.35. The zero-order chi connectivity index (χ0) is 9.52. The number of hydrogen-bond donors (Lipinski definition) is 1. The smallest absolute Gasteiger partial charge is 0.00981 e. The number of rotatable bonds is 5. The molecule has 1 aliphatic rings. The SMILES string of the molecule is C#CCCCNC1CCC(SC)C1. The summed E-state index contributed by atoms with van der Waals surface area (Å²) in [5.41, 5.74) is 0. The van der Waals surface area contributed by atoms with Crippen LogP contribution in [0.25, 0.3) is 0 Å². The minimum absolute atomic E-state index is 0.759. The molecule has 1 aliphatic carbocycles. The first kappa shape index (κ1) is 10.9. The highest BCUT2D eigenvalue weighted by atomic mass is 32.2. The lowest BCUT2D eigenvalue weighted by Gasteiger charge is -2.11. The van der Waals surface area contributed by atoms with E-state index in [0.29, 0.717) is 0 Å². The van der Waals surface area contributed by atoms with Crippen LogP contribution in [0, 0.1) is 12.3 Å². The summed E-state index contributed by atoms with van der Waals surface area (Å²) >= 11 is 2.01. The normalized spacial score (nSPS) is 27.4. The molecule has 13 heavy (non-hydrogen) atoms. The Morgan fingerprint density at radius 3 is 3.00 bits per heavy atom. The number of thioether (sulfide) groups is 1. The van der Waals surface area contributed by atoms with E-state index in [2.05, 4.69) is 17.5 Å². The summed E-state index contributed by atoms with van der Waals surface area (Å²) in [6.07, 6.45) is 13.5. The average molecular weight is 197 g/mol. The third kappa shape index (κ3) is 4.06.